The van der Waals surface area contributed by atoms with E-state index in [1.807, 2.05) is 30.3 Å². The number of alkyl halides is 1. The SMILES string of the molecule is CC(C)CC(CCl)CCCOc1ccccc1. The zero-order chi connectivity index (χ0) is 12.5. The average Bonchev–Trinajstić information content (AvgIpc) is 2.34. The van der Waals surface area contributed by atoms with Crippen LogP contribution in [0.25, 0.3) is 0 Å². The van der Waals surface area contributed by atoms with Crippen LogP contribution in [0.15, 0.2) is 30.3 Å². The van der Waals surface area contributed by atoms with Crippen LogP contribution in [-0.2, 0) is 0 Å². The normalized spacial score (nSPS) is 12.7. The van der Waals surface area contributed by atoms with Gasteiger partial charge in [-0.1, -0.05) is 32.0 Å². The molecule has 0 amide bonds. The minimum atomic E-state index is 0.635. The average molecular weight is 255 g/mol. The third-order valence-electron chi connectivity index (χ3n) is 2.79. The molecule has 0 saturated heterocycles. The first-order chi connectivity index (χ1) is 8.22. The van der Waals surface area contributed by atoms with Gasteiger partial charge in [0.25, 0.3) is 0 Å². The Hall–Kier alpha value is -0.690. The molecule has 1 atom stereocenters. The monoisotopic (exact) mass is 254 g/mol. The quantitative estimate of drug-likeness (QED) is 0.481. The van der Waals surface area contributed by atoms with Gasteiger partial charge in [-0.2, -0.15) is 0 Å². The minimum absolute atomic E-state index is 0.635. The van der Waals surface area contributed by atoms with Crippen LogP contribution in [0.4, 0.5) is 0 Å². The van der Waals surface area contributed by atoms with E-state index in [1.54, 1.807) is 0 Å². The fourth-order valence-corrected chi connectivity index (χ4v) is 2.28. The van der Waals surface area contributed by atoms with Crippen LogP contribution in [0, 0.1) is 11.8 Å². The van der Waals surface area contributed by atoms with Crippen molar-refractivity contribution in [1.82, 2.24) is 0 Å². The molecule has 0 heterocycles. The second-order valence-corrected chi connectivity index (χ2v) is 5.26. The van der Waals surface area contributed by atoms with Crippen molar-refractivity contribution in [3.8, 4) is 5.75 Å². The van der Waals surface area contributed by atoms with E-state index in [2.05, 4.69) is 13.8 Å². The topological polar surface area (TPSA) is 9.23 Å². The lowest BCUT2D eigenvalue weighted by atomic mass is 9.95. The summed E-state index contributed by atoms with van der Waals surface area (Å²) in [5, 5.41) is 0. The van der Waals surface area contributed by atoms with Crippen LogP contribution >= 0.6 is 11.6 Å². The smallest absolute Gasteiger partial charge is 0.119 e. The van der Waals surface area contributed by atoms with Crippen molar-refractivity contribution in [2.75, 3.05) is 12.5 Å². The first kappa shape index (κ1) is 14.4. The number of hydrogen-bond donors (Lipinski definition) is 0. The second-order valence-electron chi connectivity index (χ2n) is 4.95. The molecule has 0 aliphatic heterocycles. The molecule has 0 N–H and O–H groups in total. The number of hydrogen-bond acceptors (Lipinski definition) is 1. The van der Waals surface area contributed by atoms with Gasteiger partial charge in [0, 0.05) is 5.88 Å². The molecule has 0 radical (unpaired) electrons. The number of ether oxygens (including phenoxy) is 1. The summed E-state index contributed by atoms with van der Waals surface area (Å²) in [5.41, 5.74) is 0. The summed E-state index contributed by atoms with van der Waals surface area (Å²) in [6, 6.07) is 9.98. The highest BCUT2D eigenvalue weighted by atomic mass is 35.5. The van der Waals surface area contributed by atoms with E-state index < -0.39 is 0 Å². The molecule has 1 aromatic carbocycles. The van der Waals surface area contributed by atoms with E-state index in [0.717, 1.165) is 37.0 Å². The summed E-state index contributed by atoms with van der Waals surface area (Å²) in [5.74, 6) is 3.09. The molecular weight excluding hydrogens is 232 g/mol. The highest BCUT2D eigenvalue weighted by Gasteiger charge is 2.09. The Labute approximate surface area is 110 Å². The van der Waals surface area contributed by atoms with Crippen molar-refractivity contribution in [2.24, 2.45) is 11.8 Å². The van der Waals surface area contributed by atoms with Gasteiger partial charge in [0.05, 0.1) is 6.61 Å². The molecule has 96 valence electrons. The van der Waals surface area contributed by atoms with E-state index >= 15 is 0 Å². The fourth-order valence-electron chi connectivity index (χ4n) is 2.00. The summed E-state index contributed by atoms with van der Waals surface area (Å²) >= 11 is 5.97. The van der Waals surface area contributed by atoms with Gasteiger partial charge in [-0.3, -0.25) is 0 Å². The Morgan fingerprint density at radius 3 is 2.47 bits per heavy atom. The zero-order valence-electron chi connectivity index (χ0n) is 10.9. The zero-order valence-corrected chi connectivity index (χ0v) is 11.6. The van der Waals surface area contributed by atoms with Gasteiger partial charge in [-0.25, -0.2) is 0 Å². The molecule has 0 spiro atoms. The Balaban J connectivity index is 2.14. The summed E-state index contributed by atoms with van der Waals surface area (Å²) in [7, 11) is 0. The van der Waals surface area contributed by atoms with Crippen LogP contribution in [0.2, 0.25) is 0 Å². The maximum atomic E-state index is 5.97. The van der Waals surface area contributed by atoms with Crippen molar-refractivity contribution in [3.05, 3.63) is 30.3 Å². The van der Waals surface area contributed by atoms with Gasteiger partial charge in [0.15, 0.2) is 0 Å². The van der Waals surface area contributed by atoms with Crippen molar-refractivity contribution in [3.63, 3.8) is 0 Å². The summed E-state index contributed by atoms with van der Waals surface area (Å²) < 4.78 is 5.66. The minimum Gasteiger partial charge on any atom is -0.494 e. The van der Waals surface area contributed by atoms with Crippen LogP contribution in [0.3, 0.4) is 0 Å². The van der Waals surface area contributed by atoms with E-state index in [-0.39, 0.29) is 0 Å². The summed E-state index contributed by atoms with van der Waals surface area (Å²) in [6.07, 6.45) is 3.46. The molecule has 0 saturated carbocycles. The molecule has 1 nitrogen and oxygen atoms in total. The van der Waals surface area contributed by atoms with Gasteiger partial charge < -0.3 is 4.74 Å². The molecule has 2 heteroatoms. The Morgan fingerprint density at radius 1 is 1.18 bits per heavy atom. The predicted molar refractivity (Wildman–Crippen MR) is 74.8 cm³/mol. The van der Waals surface area contributed by atoms with Gasteiger partial charge in [-0.05, 0) is 43.2 Å². The lowest BCUT2D eigenvalue weighted by molar-refractivity contribution is 0.288. The second kappa shape index (κ2) is 8.41. The molecule has 0 bridgehead atoms. The van der Waals surface area contributed by atoms with Gasteiger partial charge in [0.1, 0.15) is 5.75 Å². The molecule has 0 fully saturated rings. The fraction of sp³-hybridized carbons (Fsp3) is 0.600. The number of halogens is 1. The first-order valence-corrected chi connectivity index (χ1v) is 6.99. The number of rotatable bonds is 8. The summed E-state index contributed by atoms with van der Waals surface area (Å²) in [4.78, 5) is 0. The molecule has 17 heavy (non-hydrogen) atoms. The van der Waals surface area contributed by atoms with E-state index in [9.17, 15) is 0 Å². The van der Waals surface area contributed by atoms with Gasteiger partial charge >= 0.3 is 0 Å². The standard InChI is InChI=1S/C15H23ClO/c1-13(2)11-14(12-16)7-6-10-17-15-8-4-3-5-9-15/h3-5,8-9,13-14H,6-7,10-12H2,1-2H3. The van der Waals surface area contributed by atoms with Crippen molar-refractivity contribution >= 4 is 11.6 Å². The Bertz CT molecular complexity index is 284. The van der Waals surface area contributed by atoms with Gasteiger partial charge in [0.2, 0.25) is 0 Å². The highest BCUT2D eigenvalue weighted by Crippen LogP contribution is 2.19. The highest BCUT2D eigenvalue weighted by molar-refractivity contribution is 6.18. The van der Waals surface area contributed by atoms with Crippen LogP contribution in [0.1, 0.15) is 33.1 Å². The molecule has 1 unspecified atom stereocenters. The lowest BCUT2D eigenvalue weighted by Crippen LogP contribution is -2.08. The largest absolute Gasteiger partial charge is 0.494 e. The van der Waals surface area contributed by atoms with Crippen LogP contribution in [0.5, 0.6) is 5.75 Å². The third-order valence-corrected chi connectivity index (χ3v) is 3.23. The van der Waals surface area contributed by atoms with Crippen LogP contribution < -0.4 is 4.74 Å². The summed E-state index contributed by atoms with van der Waals surface area (Å²) in [6.45, 7) is 5.29. The van der Waals surface area contributed by atoms with E-state index in [0.29, 0.717) is 5.92 Å². The lowest BCUT2D eigenvalue weighted by Gasteiger charge is -2.16. The molecule has 0 aliphatic carbocycles. The Kier molecular flexibility index (Phi) is 7.11. The third kappa shape index (κ3) is 6.58. The molecule has 1 aromatic rings. The van der Waals surface area contributed by atoms with E-state index in [4.69, 9.17) is 16.3 Å². The van der Waals surface area contributed by atoms with Gasteiger partial charge in [-0.15, -0.1) is 11.6 Å². The number of benzene rings is 1. The van der Waals surface area contributed by atoms with Crippen molar-refractivity contribution in [1.29, 1.82) is 0 Å². The molecular formula is C15H23ClO. The number of para-hydroxylation sites is 1. The van der Waals surface area contributed by atoms with Crippen LogP contribution in [-0.4, -0.2) is 12.5 Å². The predicted octanol–water partition coefficient (Wildman–Crippen LogP) is 4.75. The maximum Gasteiger partial charge on any atom is 0.119 e. The first-order valence-electron chi connectivity index (χ1n) is 6.46. The Morgan fingerprint density at radius 2 is 1.88 bits per heavy atom. The van der Waals surface area contributed by atoms with E-state index in [1.165, 1.54) is 6.42 Å². The molecule has 0 aliphatic rings. The van der Waals surface area contributed by atoms with Crippen molar-refractivity contribution < 1.29 is 4.74 Å². The molecule has 1 rings (SSSR count). The van der Waals surface area contributed by atoms with Crippen molar-refractivity contribution in [2.45, 2.75) is 33.1 Å². The molecule has 0 aromatic heterocycles. The maximum absolute atomic E-state index is 5.97.